The minimum absolute atomic E-state index is 0. The molecule has 3 rings (SSSR count). The predicted octanol–water partition coefficient (Wildman–Crippen LogP) is 1.94. The van der Waals surface area contributed by atoms with Gasteiger partial charge in [-0.05, 0) is 30.5 Å². The van der Waals surface area contributed by atoms with Crippen LogP contribution in [0.15, 0.2) is 24.3 Å². The van der Waals surface area contributed by atoms with Crippen molar-refractivity contribution >= 4 is 29.9 Å². The predicted molar refractivity (Wildman–Crippen MR) is 98.8 cm³/mol. The Labute approximate surface area is 154 Å². The smallest absolute Gasteiger partial charge is 0.226 e. The van der Waals surface area contributed by atoms with E-state index < -0.39 is 0 Å². The lowest BCUT2D eigenvalue weighted by molar-refractivity contribution is -0.130. The van der Waals surface area contributed by atoms with E-state index >= 15 is 0 Å². The molecule has 1 aliphatic carbocycles. The molecule has 0 bridgehead atoms. The summed E-state index contributed by atoms with van der Waals surface area (Å²) in [7, 11) is 0. The van der Waals surface area contributed by atoms with Crippen molar-refractivity contribution in [3.8, 4) is 0 Å². The summed E-state index contributed by atoms with van der Waals surface area (Å²) in [5.41, 5.74) is 1.86. The van der Waals surface area contributed by atoms with E-state index in [9.17, 15) is 9.59 Å². The summed E-state index contributed by atoms with van der Waals surface area (Å²) >= 11 is 0. The fraction of sp³-hybridized carbons (Fsp3) is 0.556. The Kier molecular flexibility index (Phi) is 7.23. The standard InChI is InChI=1S/C18H25N3O3.ClH/c1-13(22)21(17-6-7-17)11-14-2-4-15(5-3-14)20-18(23)10-16-12-24-9-8-19-16;/h2-5,16-17,19H,6-12H2,1H3,(H,20,23);1H. The first-order chi connectivity index (χ1) is 11.6. The molecule has 1 saturated carbocycles. The maximum absolute atomic E-state index is 12.1. The number of nitrogens with one attached hydrogen (secondary N) is 2. The van der Waals surface area contributed by atoms with Gasteiger partial charge in [-0.2, -0.15) is 0 Å². The third-order valence-corrected chi connectivity index (χ3v) is 4.41. The van der Waals surface area contributed by atoms with Gasteiger partial charge >= 0.3 is 0 Å². The van der Waals surface area contributed by atoms with Crippen LogP contribution < -0.4 is 10.6 Å². The van der Waals surface area contributed by atoms with E-state index in [0.29, 0.717) is 32.2 Å². The van der Waals surface area contributed by atoms with E-state index in [0.717, 1.165) is 30.6 Å². The Morgan fingerprint density at radius 2 is 2.00 bits per heavy atom. The summed E-state index contributed by atoms with van der Waals surface area (Å²) < 4.78 is 5.35. The Hall–Kier alpha value is -1.63. The number of hydrogen-bond acceptors (Lipinski definition) is 4. The zero-order valence-corrected chi connectivity index (χ0v) is 15.3. The Morgan fingerprint density at radius 1 is 1.28 bits per heavy atom. The second-order valence-corrected chi connectivity index (χ2v) is 6.55. The number of ether oxygens (including phenoxy) is 1. The zero-order chi connectivity index (χ0) is 16.9. The van der Waals surface area contributed by atoms with Crippen LogP contribution in [0.5, 0.6) is 0 Å². The molecule has 0 spiro atoms. The number of benzene rings is 1. The molecule has 0 aromatic heterocycles. The summed E-state index contributed by atoms with van der Waals surface area (Å²) in [4.78, 5) is 25.7. The number of carbonyl (C=O) groups excluding carboxylic acids is 2. The fourth-order valence-corrected chi connectivity index (χ4v) is 2.96. The molecule has 2 aliphatic rings. The van der Waals surface area contributed by atoms with Gasteiger partial charge in [0.05, 0.1) is 13.2 Å². The summed E-state index contributed by atoms with van der Waals surface area (Å²) in [6, 6.07) is 8.21. The molecule has 25 heavy (non-hydrogen) atoms. The van der Waals surface area contributed by atoms with E-state index in [1.807, 2.05) is 29.2 Å². The Balaban J connectivity index is 0.00000225. The molecule has 2 amide bonds. The van der Waals surface area contributed by atoms with Gasteiger partial charge in [0.25, 0.3) is 0 Å². The third kappa shape index (κ3) is 5.99. The molecule has 7 heteroatoms. The number of carbonyl (C=O) groups is 2. The van der Waals surface area contributed by atoms with E-state index in [4.69, 9.17) is 4.74 Å². The molecular weight excluding hydrogens is 342 g/mol. The van der Waals surface area contributed by atoms with E-state index in [1.54, 1.807) is 6.92 Å². The van der Waals surface area contributed by atoms with E-state index in [-0.39, 0.29) is 30.3 Å². The van der Waals surface area contributed by atoms with Crippen LogP contribution in [-0.4, -0.2) is 48.6 Å². The average Bonchev–Trinajstić information content (AvgIpc) is 3.39. The SMILES string of the molecule is CC(=O)N(Cc1ccc(NC(=O)CC2COCCN2)cc1)C1CC1.Cl. The van der Waals surface area contributed by atoms with Crippen molar-refractivity contribution in [1.29, 1.82) is 0 Å². The average molecular weight is 368 g/mol. The van der Waals surface area contributed by atoms with Crippen molar-refractivity contribution in [1.82, 2.24) is 10.2 Å². The minimum atomic E-state index is -0.0194. The maximum atomic E-state index is 12.1. The summed E-state index contributed by atoms with van der Waals surface area (Å²) in [6.45, 7) is 4.33. The first-order valence-corrected chi connectivity index (χ1v) is 8.59. The van der Waals surface area contributed by atoms with Gasteiger partial charge in [0.15, 0.2) is 0 Å². The minimum Gasteiger partial charge on any atom is -0.378 e. The third-order valence-electron chi connectivity index (χ3n) is 4.41. The van der Waals surface area contributed by atoms with Gasteiger partial charge in [0, 0.05) is 44.2 Å². The van der Waals surface area contributed by atoms with Crippen LogP contribution >= 0.6 is 12.4 Å². The van der Waals surface area contributed by atoms with Crippen molar-refractivity contribution in [2.45, 2.75) is 44.8 Å². The van der Waals surface area contributed by atoms with Gasteiger partial charge in [-0.25, -0.2) is 0 Å². The van der Waals surface area contributed by atoms with Crippen LogP contribution in [0.1, 0.15) is 31.7 Å². The van der Waals surface area contributed by atoms with Gasteiger partial charge in [0.2, 0.25) is 11.8 Å². The number of morpholine rings is 1. The van der Waals surface area contributed by atoms with Gasteiger partial charge < -0.3 is 20.3 Å². The zero-order valence-electron chi connectivity index (χ0n) is 14.5. The van der Waals surface area contributed by atoms with E-state index in [1.165, 1.54) is 0 Å². The highest BCUT2D eigenvalue weighted by Gasteiger charge is 2.30. The number of hydrogen-bond donors (Lipinski definition) is 2. The Morgan fingerprint density at radius 3 is 2.56 bits per heavy atom. The van der Waals surface area contributed by atoms with Crippen molar-refractivity contribution in [2.24, 2.45) is 0 Å². The second-order valence-electron chi connectivity index (χ2n) is 6.55. The first kappa shape index (κ1) is 19.7. The van der Waals surface area contributed by atoms with Crippen LogP contribution in [0.2, 0.25) is 0 Å². The molecule has 2 N–H and O–H groups in total. The summed E-state index contributed by atoms with van der Waals surface area (Å²) in [6.07, 6.45) is 2.61. The molecule has 1 saturated heterocycles. The molecule has 0 radical (unpaired) electrons. The van der Waals surface area contributed by atoms with Crippen LogP contribution in [-0.2, 0) is 20.9 Å². The number of halogens is 1. The van der Waals surface area contributed by atoms with Crippen molar-refractivity contribution in [3.05, 3.63) is 29.8 Å². The van der Waals surface area contributed by atoms with Gasteiger partial charge in [0.1, 0.15) is 0 Å². The number of nitrogens with zero attached hydrogens (tertiary/aromatic N) is 1. The van der Waals surface area contributed by atoms with Crippen LogP contribution in [0.3, 0.4) is 0 Å². The molecule has 1 atom stereocenters. The van der Waals surface area contributed by atoms with Gasteiger partial charge in [-0.1, -0.05) is 12.1 Å². The molecule has 1 aromatic rings. The van der Waals surface area contributed by atoms with Crippen LogP contribution in [0, 0.1) is 0 Å². The highest BCUT2D eigenvalue weighted by Crippen LogP contribution is 2.28. The summed E-state index contributed by atoms with van der Waals surface area (Å²) in [5.74, 6) is 0.103. The molecule has 1 heterocycles. The van der Waals surface area contributed by atoms with Crippen molar-refractivity contribution < 1.29 is 14.3 Å². The molecular formula is C18H26ClN3O3. The number of rotatable bonds is 6. The maximum Gasteiger partial charge on any atom is 0.226 e. The van der Waals surface area contributed by atoms with Gasteiger partial charge in [-0.15, -0.1) is 12.4 Å². The highest BCUT2D eigenvalue weighted by atomic mass is 35.5. The number of amides is 2. The second kappa shape index (κ2) is 9.17. The topological polar surface area (TPSA) is 70.7 Å². The Bertz CT molecular complexity index is 584. The highest BCUT2D eigenvalue weighted by molar-refractivity contribution is 5.91. The summed E-state index contributed by atoms with van der Waals surface area (Å²) in [5, 5.41) is 6.18. The van der Waals surface area contributed by atoms with Crippen molar-refractivity contribution in [2.75, 3.05) is 25.1 Å². The van der Waals surface area contributed by atoms with Crippen LogP contribution in [0.25, 0.3) is 0 Å². The van der Waals surface area contributed by atoms with E-state index in [2.05, 4.69) is 10.6 Å². The largest absolute Gasteiger partial charge is 0.378 e. The molecule has 1 aliphatic heterocycles. The van der Waals surface area contributed by atoms with Crippen molar-refractivity contribution in [3.63, 3.8) is 0 Å². The molecule has 2 fully saturated rings. The quantitative estimate of drug-likeness (QED) is 0.806. The van der Waals surface area contributed by atoms with Crippen LogP contribution in [0.4, 0.5) is 5.69 Å². The molecule has 6 nitrogen and oxygen atoms in total. The fourth-order valence-electron chi connectivity index (χ4n) is 2.96. The molecule has 138 valence electrons. The lowest BCUT2D eigenvalue weighted by Gasteiger charge is -2.23. The molecule has 1 aromatic carbocycles. The monoisotopic (exact) mass is 367 g/mol. The lowest BCUT2D eigenvalue weighted by Crippen LogP contribution is -2.43. The lowest BCUT2D eigenvalue weighted by atomic mass is 10.1. The first-order valence-electron chi connectivity index (χ1n) is 8.59. The molecule has 1 unspecified atom stereocenters. The normalized spacial score (nSPS) is 19.6. The van der Waals surface area contributed by atoms with Gasteiger partial charge in [-0.3, -0.25) is 9.59 Å². The number of anilines is 1.